The molecule has 0 aromatic heterocycles. The maximum absolute atomic E-state index is 11.4. The molecule has 3 rings (SSSR count). The highest BCUT2D eigenvalue weighted by Gasteiger charge is 2.14. The summed E-state index contributed by atoms with van der Waals surface area (Å²) in [4.78, 5) is 11.4. The molecule has 5 heteroatoms. The molecule has 0 fully saturated rings. The molecule has 0 radical (unpaired) electrons. The Kier molecular flexibility index (Phi) is 9.85. The summed E-state index contributed by atoms with van der Waals surface area (Å²) >= 11 is 1.19. The third kappa shape index (κ3) is 8.26. The molecule has 0 N–H and O–H groups in total. The maximum Gasteiger partial charge on any atom is 0.209 e. The molecule has 0 saturated heterocycles. The summed E-state index contributed by atoms with van der Waals surface area (Å²) in [5.41, 5.74) is 3.60. The number of hydrogen-bond acceptors (Lipinski definition) is 5. The molecule has 4 nitrogen and oxygen atoms in total. The highest BCUT2D eigenvalue weighted by atomic mass is 32.2. The Hall–Kier alpha value is -2.76. The molecule has 3 aromatic carbocycles. The lowest BCUT2D eigenvalue weighted by Crippen LogP contribution is -2.26. The summed E-state index contributed by atoms with van der Waals surface area (Å²) in [6, 6.07) is 26.3. The number of ether oxygens (including phenoxy) is 3. The van der Waals surface area contributed by atoms with Crippen LogP contribution in [0, 0.1) is 0 Å². The largest absolute Gasteiger partial charge is 0.491 e. The van der Waals surface area contributed by atoms with E-state index in [4.69, 9.17) is 14.2 Å². The number of rotatable bonds is 12. The van der Waals surface area contributed by atoms with E-state index in [1.807, 2.05) is 54.6 Å². The highest BCUT2D eigenvalue weighted by Crippen LogP contribution is 2.24. The van der Waals surface area contributed by atoms with Crippen LogP contribution in [0.3, 0.4) is 0 Å². The van der Waals surface area contributed by atoms with Gasteiger partial charge < -0.3 is 14.2 Å². The van der Waals surface area contributed by atoms with Gasteiger partial charge in [-0.3, -0.25) is 4.79 Å². The van der Waals surface area contributed by atoms with Crippen LogP contribution in [0.15, 0.2) is 78.9 Å². The normalized spacial score (nSPS) is 12.7. The standard InChI is InChI=1S/C28H32O4S/c1-4-21(2)23-10-16-27(17-11-23)32-28(20-33-22(3)29)31-19-18-30-26-14-12-25(13-15-26)24-8-6-5-7-9-24/h5-17,21,28H,4,18-20H2,1-3H3. The minimum absolute atomic E-state index is 0.0362. The fraction of sp³-hybridized carbons (Fsp3) is 0.321. The number of thioether (sulfide) groups is 1. The summed E-state index contributed by atoms with van der Waals surface area (Å²) in [5.74, 6) is 2.45. The number of benzene rings is 3. The lowest BCUT2D eigenvalue weighted by atomic mass is 9.99. The second kappa shape index (κ2) is 13.1. The summed E-state index contributed by atoms with van der Waals surface area (Å²) < 4.78 is 17.7. The Balaban J connectivity index is 1.49. The Bertz CT molecular complexity index is 971. The minimum atomic E-state index is -0.530. The number of hydrogen-bond donors (Lipinski definition) is 0. The molecule has 2 unspecified atom stereocenters. The predicted molar refractivity (Wildman–Crippen MR) is 136 cm³/mol. The van der Waals surface area contributed by atoms with Crippen LogP contribution in [0.4, 0.5) is 0 Å². The maximum atomic E-state index is 11.4. The zero-order valence-electron chi connectivity index (χ0n) is 19.5. The van der Waals surface area contributed by atoms with Gasteiger partial charge in [0, 0.05) is 6.92 Å². The van der Waals surface area contributed by atoms with Gasteiger partial charge in [-0.1, -0.05) is 80.2 Å². The van der Waals surface area contributed by atoms with Gasteiger partial charge in [0.25, 0.3) is 0 Å². The van der Waals surface area contributed by atoms with E-state index in [0.717, 1.165) is 23.5 Å². The quantitative estimate of drug-likeness (QED) is 0.214. The van der Waals surface area contributed by atoms with Gasteiger partial charge in [-0.25, -0.2) is 0 Å². The highest BCUT2D eigenvalue weighted by molar-refractivity contribution is 8.13. The van der Waals surface area contributed by atoms with Gasteiger partial charge in [0.05, 0.1) is 12.4 Å². The van der Waals surface area contributed by atoms with Crippen molar-refractivity contribution in [2.75, 3.05) is 19.0 Å². The van der Waals surface area contributed by atoms with Crippen molar-refractivity contribution in [2.45, 2.75) is 39.4 Å². The Morgan fingerprint density at radius 1 is 0.848 bits per heavy atom. The van der Waals surface area contributed by atoms with Crippen molar-refractivity contribution in [2.24, 2.45) is 0 Å². The van der Waals surface area contributed by atoms with E-state index < -0.39 is 6.29 Å². The van der Waals surface area contributed by atoms with Crippen LogP contribution in [-0.2, 0) is 9.53 Å². The first-order valence-corrected chi connectivity index (χ1v) is 12.3. The van der Waals surface area contributed by atoms with E-state index in [2.05, 4.69) is 38.1 Å². The van der Waals surface area contributed by atoms with Crippen LogP contribution in [-0.4, -0.2) is 30.4 Å². The van der Waals surface area contributed by atoms with E-state index >= 15 is 0 Å². The molecule has 0 aliphatic rings. The minimum Gasteiger partial charge on any atom is -0.491 e. The zero-order valence-corrected chi connectivity index (χ0v) is 20.3. The molecular weight excluding hydrogens is 432 g/mol. The van der Waals surface area contributed by atoms with Crippen LogP contribution < -0.4 is 9.47 Å². The van der Waals surface area contributed by atoms with Crippen LogP contribution in [0.25, 0.3) is 11.1 Å². The topological polar surface area (TPSA) is 44.8 Å². The molecule has 0 saturated carbocycles. The number of carbonyl (C=O) groups excluding carboxylic acids is 1. The summed E-state index contributed by atoms with van der Waals surface area (Å²) in [5, 5.41) is 0.0362. The van der Waals surface area contributed by atoms with Crippen LogP contribution in [0.1, 0.15) is 38.7 Å². The van der Waals surface area contributed by atoms with E-state index in [1.165, 1.54) is 22.9 Å². The Morgan fingerprint density at radius 3 is 2.12 bits per heavy atom. The third-order valence-corrected chi connectivity index (χ3v) is 6.21. The van der Waals surface area contributed by atoms with Crippen LogP contribution >= 0.6 is 11.8 Å². The van der Waals surface area contributed by atoms with Gasteiger partial charge in [0.15, 0.2) is 5.12 Å². The van der Waals surface area contributed by atoms with Gasteiger partial charge >= 0.3 is 0 Å². The van der Waals surface area contributed by atoms with Gasteiger partial charge in [0.2, 0.25) is 6.29 Å². The second-order valence-corrected chi connectivity index (χ2v) is 9.03. The molecule has 2 atom stereocenters. The molecular formula is C28H32O4S. The molecule has 174 valence electrons. The van der Waals surface area contributed by atoms with Gasteiger partial charge in [-0.2, -0.15) is 0 Å². The fourth-order valence-electron chi connectivity index (χ4n) is 3.28. The summed E-state index contributed by atoms with van der Waals surface area (Å²) in [6.07, 6.45) is 0.563. The number of carbonyl (C=O) groups is 1. The van der Waals surface area contributed by atoms with Crippen LogP contribution in [0.2, 0.25) is 0 Å². The molecule has 0 heterocycles. The lowest BCUT2D eigenvalue weighted by molar-refractivity contribution is -0.109. The third-order valence-electron chi connectivity index (χ3n) is 5.37. The van der Waals surface area contributed by atoms with Crippen molar-refractivity contribution in [3.8, 4) is 22.6 Å². The van der Waals surface area contributed by atoms with Gasteiger partial charge in [0.1, 0.15) is 18.1 Å². The first-order valence-electron chi connectivity index (χ1n) is 11.3. The molecule has 0 amide bonds. The monoisotopic (exact) mass is 464 g/mol. The molecule has 3 aromatic rings. The second-order valence-electron chi connectivity index (χ2n) is 7.84. The fourth-order valence-corrected chi connectivity index (χ4v) is 3.81. The van der Waals surface area contributed by atoms with E-state index in [1.54, 1.807) is 6.92 Å². The van der Waals surface area contributed by atoms with Crippen molar-refractivity contribution in [3.05, 3.63) is 84.4 Å². The van der Waals surface area contributed by atoms with Crippen molar-refractivity contribution in [1.29, 1.82) is 0 Å². The molecule has 0 bridgehead atoms. The van der Waals surface area contributed by atoms with Crippen molar-refractivity contribution in [1.82, 2.24) is 0 Å². The average molecular weight is 465 g/mol. The van der Waals surface area contributed by atoms with Crippen molar-refractivity contribution in [3.63, 3.8) is 0 Å². The first kappa shape index (κ1) is 24.9. The summed E-state index contributed by atoms with van der Waals surface area (Å²) in [6.45, 7) is 6.68. The van der Waals surface area contributed by atoms with Crippen molar-refractivity contribution >= 4 is 16.9 Å². The Labute approximate surface area is 201 Å². The average Bonchev–Trinajstić information content (AvgIpc) is 2.85. The van der Waals surface area contributed by atoms with Gasteiger partial charge in [-0.05, 0) is 53.3 Å². The Morgan fingerprint density at radius 2 is 1.48 bits per heavy atom. The van der Waals surface area contributed by atoms with Crippen molar-refractivity contribution < 1.29 is 19.0 Å². The van der Waals surface area contributed by atoms with E-state index in [0.29, 0.717) is 24.9 Å². The van der Waals surface area contributed by atoms with E-state index in [-0.39, 0.29) is 5.12 Å². The van der Waals surface area contributed by atoms with Gasteiger partial charge in [-0.15, -0.1) is 0 Å². The smallest absolute Gasteiger partial charge is 0.209 e. The SMILES string of the molecule is CCC(C)c1ccc(OC(CSC(C)=O)OCCOc2ccc(-c3ccccc3)cc2)cc1. The predicted octanol–water partition coefficient (Wildman–Crippen LogP) is 6.95. The first-order chi connectivity index (χ1) is 16.0. The molecule has 0 aliphatic carbocycles. The molecule has 0 aliphatic heterocycles. The van der Waals surface area contributed by atoms with E-state index in [9.17, 15) is 4.79 Å². The summed E-state index contributed by atoms with van der Waals surface area (Å²) in [7, 11) is 0. The van der Waals surface area contributed by atoms with Crippen LogP contribution in [0.5, 0.6) is 11.5 Å². The lowest BCUT2D eigenvalue weighted by Gasteiger charge is -2.20. The molecule has 33 heavy (non-hydrogen) atoms. The molecule has 0 spiro atoms. The zero-order chi connectivity index (χ0) is 23.5.